The molecule has 18 heavy (non-hydrogen) atoms. The Bertz CT molecular complexity index is 493. The third-order valence-electron chi connectivity index (χ3n) is 2.06. The molecule has 0 N–H and O–H groups in total. The SMILES string of the molecule is COC(=O)Cc1ncc([N+](=O)[O-])c(C(F)F)c1F. The maximum Gasteiger partial charge on any atom is 0.311 e. The Hall–Kier alpha value is -2.19. The molecule has 0 unspecified atom stereocenters. The van der Waals surface area contributed by atoms with E-state index in [1.165, 1.54) is 0 Å². The number of aromatic nitrogens is 1. The number of halogens is 3. The van der Waals surface area contributed by atoms with E-state index in [9.17, 15) is 28.1 Å². The van der Waals surface area contributed by atoms with Crippen LogP contribution >= 0.6 is 0 Å². The number of methoxy groups -OCH3 is 1. The van der Waals surface area contributed by atoms with Crippen molar-refractivity contribution in [1.82, 2.24) is 4.98 Å². The van der Waals surface area contributed by atoms with Crippen LogP contribution in [0.15, 0.2) is 6.20 Å². The second-order valence-corrected chi connectivity index (χ2v) is 3.13. The smallest absolute Gasteiger partial charge is 0.311 e. The third-order valence-corrected chi connectivity index (χ3v) is 2.06. The van der Waals surface area contributed by atoms with Crippen LogP contribution in [0.1, 0.15) is 17.7 Å². The minimum absolute atomic E-state index is 0.489. The second-order valence-electron chi connectivity index (χ2n) is 3.13. The molecular weight excluding hydrogens is 257 g/mol. The molecule has 0 saturated heterocycles. The molecule has 1 aromatic heterocycles. The number of nitrogens with zero attached hydrogens (tertiary/aromatic N) is 2. The van der Waals surface area contributed by atoms with E-state index in [0.29, 0.717) is 6.20 Å². The Morgan fingerprint density at radius 2 is 2.22 bits per heavy atom. The molecule has 6 nitrogen and oxygen atoms in total. The van der Waals surface area contributed by atoms with E-state index >= 15 is 0 Å². The fourth-order valence-electron chi connectivity index (χ4n) is 1.22. The molecule has 0 aromatic carbocycles. The van der Waals surface area contributed by atoms with Crippen molar-refractivity contribution in [2.75, 3.05) is 7.11 Å². The number of carbonyl (C=O) groups is 1. The summed E-state index contributed by atoms with van der Waals surface area (Å²) in [7, 11) is 1.03. The van der Waals surface area contributed by atoms with Crippen molar-refractivity contribution in [2.45, 2.75) is 12.8 Å². The van der Waals surface area contributed by atoms with Gasteiger partial charge in [0.2, 0.25) is 0 Å². The van der Waals surface area contributed by atoms with Gasteiger partial charge in [0, 0.05) is 0 Å². The molecule has 0 bridgehead atoms. The van der Waals surface area contributed by atoms with E-state index < -0.39 is 46.5 Å². The Morgan fingerprint density at radius 1 is 1.61 bits per heavy atom. The van der Waals surface area contributed by atoms with Crippen molar-refractivity contribution < 1.29 is 27.6 Å². The standard InChI is InChI=1S/C9H7F3N2O4/c1-18-6(15)2-4-8(10)7(9(11)12)5(3-13-4)14(16)17/h3,9H,2H2,1H3. The van der Waals surface area contributed by atoms with Crippen LogP contribution < -0.4 is 0 Å². The summed E-state index contributed by atoms with van der Waals surface area (Å²) in [4.78, 5) is 23.4. The summed E-state index contributed by atoms with van der Waals surface area (Å²) >= 11 is 0. The number of ether oxygens (including phenoxy) is 1. The van der Waals surface area contributed by atoms with Crippen LogP contribution in [0.3, 0.4) is 0 Å². The number of hydrogen-bond acceptors (Lipinski definition) is 5. The van der Waals surface area contributed by atoms with Gasteiger partial charge in [0.25, 0.3) is 12.1 Å². The van der Waals surface area contributed by atoms with Crippen molar-refractivity contribution in [3.63, 3.8) is 0 Å². The summed E-state index contributed by atoms with van der Waals surface area (Å²) in [5.41, 5.74) is -3.13. The van der Waals surface area contributed by atoms with Gasteiger partial charge in [-0.2, -0.15) is 0 Å². The number of pyridine rings is 1. The van der Waals surface area contributed by atoms with Gasteiger partial charge >= 0.3 is 5.97 Å². The zero-order chi connectivity index (χ0) is 13.9. The molecule has 9 heteroatoms. The lowest BCUT2D eigenvalue weighted by Gasteiger charge is -2.06. The molecule has 0 atom stereocenters. The summed E-state index contributed by atoms with van der Waals surface area (Å²) in [6.45, 7) is 0. The van der Waals surface area contributed by atoms with E-state index in [2.05, 4.69) is 9.72 Å². The Morgan fingerprint density at radius 3 is 2.67 bits per heavy atom. The van der Waals surface area contributed by atoms with Crippen molar-refractivity contribution in [2.24, 2.45) is 0 Å². The molecule has 0 aliphatic carbocycles. The molecule has 0 amide bonds. The number of esters is 1. The third kappa shape index (κ3) is 2.73. The van der Waals surface area contributed by atoms with Crippen LogP contribution in [0, 0.1) is 15.9 Å². The zero-order valence-electron chi connectivity index (χ0n) is 9.02. The van der Waals surface area contributed by atoms with Gasteiger partial charge < -0.3 is 4.74 Å². The second kappa shape index (κ2) is 5.43. The predicted molar refractivity (Wildman–Crippen MR) is 51.5 cm³/mol. The average Bonchev–Trinajstić information content (AvgIpc) is 2.30. The van der Waals surface area contributed by atoms with Crippen molar-refractivity contribution >= 4 is 11.7 Å². The monoisotopic (exact) mass is 264 g/mol. The summed E-state index contributed by atoms with van der Waals surface area (Å²) in [5.74, 6) is -2.46. The summed E-state index contributed by atoms with van der Waals surface area (Å²) in [5, 5.41) is 10.4. The number of nitro groups is 1. The minimum atomic E-state index is -3.38. The van der Waals surface area contributed by atoms with Gasteiger partial charge in [-0.1, -0.05) is 0 Å². The molecule has 1 rings (SSSR count). The van der Waals surface area contributed by atoms with Gasteiger partial charge in [0.15, 0.2) is 5.82 Å². The van der Waals surface area contributed by atoms with E-state index in [-0.39, 0.29) is 0 Å². The molecule has 1 aromatic rings. The van der Waals surface area contributed by atoms with Gasteiger partial charge in [0.05, 0.1) is 24.1 Å². The van der Waals surface area contributed by atoms with E-state index in [0.717, 1.165) is 7.11 Å². The van der Waals surface area contributed by atoms with Gasteiger partial charge in [-0.05, 0) is 0 Å². The number of alkyl halides is 2. The molecular formula is C9H7F3N2O4. The van der Waals surface area contributed by atoms with Gasteiger partial charge in [-0.3, -0.25) is 19.9 Å². The van der Waals surface area contributed by atoms with Crippen LogP contribution in [0.25, 0.3) is 0 Å². The molecule has 0 fully saturated rings. The first kappa shape index (κ1) is 13.9. The fraction of sp³-hybridized carbons (Fsp3) is 0.333. The quantitative estimate of drug-likeness (QED) is 0.470. The van der Waals surface area contributed by atoms with Gasteiger partial charge in [0.1, 0.15) is 11.8 Å². The lowest BCUT2D eigenvalue weighted by atomic mass is 10.1. The number of hydrogen-bond donors (Lipinski definition) is 0. The summed E-state index contributed by atoms with van der Waals surface area (Å²) in [6, 6.07) is 0. The van der Waals surface area contributed by atoms with Crippen LogP contribution in [-0.2, 0) is 16.0 Å². The molecule has 0 aliphatic rings. The van der Waals surface area contributed by atoms with Crippen LogP contribution in [0.2, 0.25) is 0 Å². The zero-order valence-corrected chi connectivity index (χ0v) is 9.02. The van der Waals surface area contributed by atoms with Crippen molar-refractivity contribution in [1.29, 1.82) is 0 Å². The number of rotatable bonds is 4. The highest BCUT2D eigenvalue weighted by atomic mass is 19.3. The maximum atomic E-state index is 13.6. The van der Waals surface area contributed by atoms with Crippen molar-refractivity contribution in [3.05, 3.63) is 33.4 Å². The lowest BCUT2D eigenvalue weighted by Crippen LogP contribution is -2.11. The van der Waals surface area contributed by atoms with Crippen molar-refractivity contribution in [3.8, 4) is 0 Å². The Balaban J connectivity index is 3.30. The summed E-state index contributed by atoms with van der Waals surface area (Å²) < 4.78 is 42.9. The lowest BCUT2D eigenvalue weighted by molar-refractivity contribution is -0.386. The van der Waals surface area contributed by atoms with Crippen LogP contribution in [0.5, 0.6) is 0 Å². The summed E-state index contributed by atoms with van der Waals surface area (Å²) in [6.07, 6.45) is -3.58. The Labute approximate surface area is 98.5 Å². The minimum Gasteiger partial charge on any atom is -0.469 e. The maximum absolute atomic E-state index is 13.6. The average molecular weight is 264 g/mol. The van der Waals surface area contributed by atoms with Gasteiger partial charge in [-0.15, -0.1) is 0 Å². The van der Waals surface area contributed by atoms with Crippen LogP contribution in [0.4, 0.5) is 18.9 Å². The number of carbonyl (C=O) groups excluding carboxylic acids is 1. The highest BCUT2D eigenvalue weighted by Crippen LogP contribution is 2.31. The first-order valence-corrected chi connectivity index (χ1v) is 4.55. The molecule has 98 valence electrons. The van der Waals surface area contributed by atoms with E-state index in [1.54, 1.807) is 0 Å². The Kier molecular flexibility index (Phi) is 4.18. The van der Waals surface area contributed by atoms with Gasteiger partial charge in [-0.25, -0.2) is 13.2 Å². The molecule has 0 saturated carbocycles. The highest BCUT2D eigenvalue weighted by molar-refractivity contribution is 5.72. The fourth-order valence-corrected chi connectivity index (χ4v) is 1.22. The van der Waals surface area contributed by atoms with E-state index in [1.807, 2.05) is 0 Å². The first-order chi connectivity index (χ1) is 8.38. The van der Waals surface area contributed by atoms with Crippen LogP contribution in [-0.4, -0.2) is 23.0 Å². The van der Waals surface area contributed by atoms with E-state index in [4.69, 9.17) is 0 Å². The largest absolute Gasteiger partial charge is 0.469 e. The normalized spacial score (nSPS) is 10.5. The molecule has 0 spiro atoms. The molecule has 0 aliphatic heterocycles. The first-order valence-electron chi connectivity index (χ1n) is 4.55. The molecule has 0 radical (unpaired) electrons. The highest BCUT2D eigenvalue weighted by Gasteiger charge is 2.29. The molecule has 1 heterocycles. The topological polar surface area (TPSA) is 82.3 Å². The predicted octanol–water partition coefficient (Wildman–Crippen LogP) is 1.78.